The quantitative estimate of drug-likeness (QED) is 0.866. The molecule has 0 radical (unpaired) electrons. The normalized spacial score (nSPS) is 13.6. The van der Waals surface area contributed by atoms with E-state index < -0.39 is 11.5 Å². The van der Waals surface area contributed by atoms with Gasteiger partial charge >= 0.3 is 5.97 Å². The second-order valence-corrected chi connectivity index (χ2v) is 3.87. The number of nitrogens with zero attached hydrogens (tertiary/aromatic N) is 4. The third-order valence-electron chi connectivity index (χ3n) is 2.80. The summed E-state index contributed by atoms with van der Waals surface area (Å²) < 4.78 is 1.18. The van der Waals surface area contributed by atoms with Crippen LogP contribution in [0, 0.1) is 11.3 Å². The maximum Gasteiger partial charge on any atom is 0.336 e. The fourth-order valence-corrected chi connectivity index (χ4v) is 1.65. The molecule has 1 N–H and O–H groups in total. The van der Waals surface area contributed by atoms with Gasteiger partial charge in [0.15, 0.2) is 5.54 Å². The molecular formula is C12H10N4O2. The molecule has 90 valence electrons. The van der Waals surface area contributed by atoms with Crippen LogP contribution < -0.4 is 0 Å². The van der Waals surface area contributed by atoms with Crippen LogP contribution in [0.3, 0.4) is 0 Å². The van der Waals surface area contributed by atoms with Crippen molar-refractivity contribution in [3.8, 4) is 6.07 Å². The molecule has 1 heterocycles. The molecule has 0 fully saturated rings. The van der Waals surface area contributed by atoms with E-state index in [9.17, 15) is 9.90 Å². The van der Waals surface area contributed by atoms with Crippen LogP contribution in [0.5, 0.6) is 0 Å². The standard InChI is InChI=1S/C12H10N4O2/c1-12(11(17)18,9-5-3-2-4-6-9)16-8-14-10(7-13)15-16/h2-6,8H,1H3,(H,17,18). The van der Waals surface area contributed by atoms with Crippen molar-refractivity contribution in [1.29, 1.82) is 5.26 Å². The second-order valence-electron chi connectivity index (χ2n) is 3.87. The average molecular weight is 242 g/mol. The Morgan fingerprint density at radius 1 is 1.44 bits per heavy atom. The molecule has 0 aliphatic carbocycles. The predicted octanol–water partition coefficient (Wildman–Crippen LogP) is 0.998. The first kappa shape index (κ1) is 11.8. The molecule has 6 nitrogen and oxygen atoms in total. The molecule has 1 aromatic carbocycles. The van der Waals surface area contributed by atoms with Crippen LogP contribution in [0.25, 0.3) is 0 Å². The van der Waals surface area contributed by atoms with E-state index in [1.807, 2.05) is 0 Å². The van der Waals surface area contributed by atoms with Crippen LogP contribution in [0.1, 0.15) is 18.3 Å². The van der Waals surface area contributed by atoms with Crippen LogP contribution in [0.4, 0.5) is 0 Å². The van der Waals surface area contributed by atoms with Crippen molar-refractivity contribution in [3.05, 3.63) is 48.0 Å². The van der Waals surface area contributed by atoms with Gasteiger partial charge < -0.3 is 5.11 Å². The fraction of sp³-hybridized carbons (Fsp3) is 0.167. The zero-order chi connectivity index (χ0) is 13.2. The maximum atomic E-state index is 11.5. The minimum Gasteiger partial charge on any atom is -0.479 e. The van der Waals surface area contributed by atoms with Crippen LogP contribution in [-0.4, -0.2) is 25.8 Å². The topological polar surface area (TPSA) is 91.8 Å². The van der Waals surface area contributed by atoms with Gasteiger partial charge in [-0.3, -0.25) is 0 Å². The molecule has 1 unspecified atom stereocenters. The summed E-state index contributed by atoms with van der Waals surface area (Å²) in [6, 6.07) is 10.5. The van der Waals surface area contributed by atoms with Crippen LogP contribution >= 0.6 is 0 Å². The molecule has 1 aromatic heterocycles. The van der Waals surface area contributed by atoms with Gasteiger partial charge in [0.05, 0.1) is 0 Å². The Balaban J connectivity index is 2.59. The molecule has 0 aliphatic heterocycles. The van der Waals surface area contributed by atoms with Crippen molar-refractivity contribution in [1.82, 2.24) is 14.8 Å². The Morgan fingerprint density at radius 2 is 2.11 bits per heavy atom. The summed E-state index contributed by atoms with van der Waals surface area (Å²) in [7, 11) is 0. The van der Waals surface area contributed by atoms with E-state index in [-0.39, 0.29) is 5.82 Å². The van der Waals surface area contributed by atoms with Gasteiger partial charge in [-0.1, -0.05) is 30.3 Å². The zero-order valence-electron chi connectivity index (χ0n) is 9.61. The van der Waals surface area contributed by atoms with E-state index in [1.165, 1.54) is 17.9 Å². The molecule has 2 rings (SSSR count). The summed E-state index contributed by atoms with van der Waals surface area (Å²) in [4.78, 5) is 15.3. The molecular weight excluding hydrogens is 232 g/mol. The number of hydrogen-bond acceptors (Lipinski definition) is 4. The van der Waals surface area contributed by atoms with Gasteiger partial charge in [-0.25, -0.2) is 14.5 Å². The first-order valence-electron chi connectivity index (χ1n) is 5.20. The summed E-state index contributed by atoms with van der Waals surface area (Å²) in [5.74, 6) is -1.12. The van der Waals surface area contributed by atoms with Crippen molar-refractivity contribution >= 4 is 5.97 Å². The number of carbonyl (C=O) groups is 1. The third kappa shape index (κ3) is 1.72. The van der Waals surface area contributed by atoms with Crippen LogP contribution in [0.15, 0.2) is 36.7 Å². The Kier molecular flexibility index (Phi) is 2.81. The minimum absolute atomic E-state index is 0.0570. The van der Waals surface area contributed by atoms with Crippen molar-refractivity contribution in [2.75, 3.05) is 0 Å². The molecule has 0 saturated heterocycles. The summed E-state index contributed by atoms with van der Waals surface area (Å²) in [6.45, 7) is 1.51. The molecule has 6 heteroatoms. The van der Waals surface area contributed by atoms with Crippen LogP contribution in [-0.2, 0) is 10.3 Å². The number of aromatic nitrogens is 3. The van der Waals surface area contributed by atoms with E-state index in [4.69, 9.17) is 5.26 Å². The van der Waals surface area contributed by atoms with Gasteiger partial charge in [0.2, 0.25) is 0 Å². The molecule has 0 saturated carbocycles. The van der Waals surface area contributed by atoms with Crippen molar-refractivity contribution < 1.29 is 9.90 Å². The van der Waals surface area contributed by atoms with Crippen molar-refractivity contribution in [2.45, 2.75) is 12.5 Å². The molecule has 0 amide bonds. The summed E-state index contributed by atoms with van der Waals surface area (Å²) >= 11 is 0. The highest BCUT2D eigenvalue weighted by molar-refractivity contribution is 5.80. The number of carboxylic acids is 1. The smallest absolute Gasteiger partial charge is 0.336 e. The lowest BCUT2D eigenvalue weighted by atomic mass is 9.92. The Morgan fingerprint density at radius 3 is 2.61 bits per heavy atom. The predicted molar refractivity (Wildman–Crippen MR) is 61.6 cm³/mol. The highest BCUT2D eigenvalue weighted by atomic mass is 16.4. The highest BCUT2D eigenvalue weighted by Crippen LogP contribution is 2.25. The minimum atomic E-state index is -1.39. The zero-order valence-corrected chi connectivity index (χ0v) is 9.61. The summed E-state index contributed by atoms with van der Waals surface area (Å²) in [5.41, 5.74) is -0.824. The van der Waals surface area contributed by atoms with Gasteiger partial charge in [-0.05, 0) is 12.5 Å². The molecule has 0 aliphatic rings. The highest BCUT2D eigenvalue weighted by Gasteiger charge is 2.38. The third-order valence-corrected chi connectivity index (χ3v) is 2.80. The van der Waals surface area contributed by atoms with Gasteiger partial charge in [0.25, 0.3) is 5.82 Å². The van der Waals surface area contributed by atoms with E-state index in [0.717, 1.165) is 0 Å². The summed E-state index contributed by atoms with van der Waals surface area (Å²) in [6.07, 6.45) is 1.25. The van der Waals surface area contributed by atoms with Gasteiger partial charge in [-0.15, -0.1) is 5.10 Å². The fourth-order valence-electron chi connectivity index (χ4n) is 1.65. The molecule has 2 aromatic rings. The number of benzene rings is 1. The van der Waals surface area contributed by atoms with Gasteiger partial charge in [0.1, 0.15) is 12.4 Å². The summed E-state index contributed by atoms with van der Waals surface area (Å²) in [5, 5.41) is 22.0. The Hall–Kier alpha value is -2.68. The SMILES string of the molecule is CC(C(=O)O)(c1ccccc1)n1cnc(C#N)n1. The Labute approximate surface area is 103 Å². The number of rotatable bonds is 3. The largest absolute Gasteiger partial charge is 0.479 e. The van der Waals surface area contributed by atoms with E-state index in [1.54, 1.807) is 36.4 Å². The average Bonchev–Trinajstić information content (AvgIpc) is 2.87. The Bertz CT molecular complexity index is 615. The number of carboxylic acid groups (broad SMARTS) is 1. The van der Waals surface area contributed by atoms with Gasteiger partial charge in [0, 0.05) is 0 Å². The number of nitriles is 1. The molecule has 18 heavy (non-hydrogen) atoms. The second kappa shape index (κ2) is 4.30. The van der Waals surface area contributed by atoms with E-state index in [0.29, 0.717) is 5.56 Å². The molecule has 0 bridgehead atoms. The molecule has 1 atom stereocenters. The maximum absolute atomic E-state index is 11.5. The van der Waals surface area contributed by atoms with E-state index >= 15 is 0 Å². The van der Waals surface area contributed by atoms with E-state index in [2.05, 4.69) is 10.1 Å². The van der Waals surface area contributed by atoms with Crippen LogP contribution in [0.2, 0.25) is 0 Å². The first-order valence-corrected chi connectivity index (χ1v) is 5.20. The van der Waals surface area contributed by atoms with Crippen molar-refractivity contribution in [3.63, 3.8) is 0 Å². The lowest BCUT2D eigenvalue weighted by molar-refractivity contribution is -0.144. The number of hydrogen-bond donors (Lipinski definition) is 1. The van der Waals surface area contributed by atoms with Gasteiger partial charge in [-0.2, -0.15) is 5.26 Å². The lowest BCUT2D eigenvalue weighted by Gasteiger charge is -2.25. The molecule has 0 spiro atoms. The van der Waals surface area contributed by atoms with Crippen molar-refractivity contribution in [2.24, 2.45) is 0 Å². The first-order chi connectivity index (χ1) is 8.59. The number of aliphatic carboxylic acids is 1. The monoisotopic (exact) mass is 242 g/mol. The lowest BCUT2D eigenvalue weighted by Crippen LogP contribution is -2.40.